The van der Waals surface area contributed by atoms with Gasteiger partial charge in [0.05, 0.1) is 23.9 Å². The number of aliphatic hydroxyl groups excluding tert-OH is 1. The minimum Gasteiger partial charge on any atom is -0.443 e. The van der Waals surface area contributed by atoms with Gasteiger partial charge in [0.25, 0.3) is 0 Å². The fourth-order valence-electron chi connectivity index (χ4n) is 5.02. The Morgan fingerprint density at radius 2 is 2.00 bits per heavy atom. The van der Waals surface area contributed by atoms with Gasteiger partial charge in [0.2, 0.25) is 0 Å². The maximum Gasteiger partial charge on any atom is 0.419 e. The van der Waals surface area contributed by atoms with Crippen LogP contribution in [0.4, 0.5) is 4.79 Å². The maximum absolute atomic E-state index is 13.2. The summed E-state index contributed by atoms with van der Waals surface area (Å²) in [5.74, 6) is 0.659. The van der Waals surface area contributed by atoms with Gasteiger partial charge >= 0.3 is 6.09 Å². The SMILES string of the molecule is CC[C@@H]1CC[C@H]2c3c(c4ccccc4n3C(=O)OC(C)(C)C)C[C@@H](CO)N2C1. The fraction of sp³-hybridized carbons (Fsp3) is 0.609. The predicted molar refractivity (Wildman–Crippen MR) is 111 cm³/mol. The van der Waals surface area contributed by atoms with Crippen molar-refractivity contribution < 1.29 is 14.6 Å². The van der Waals surface area contributed by atoms with Crippen LogP contribution in [0.2, 0.25) is 0 Å². The molecule has 1 aromatic carbocycles. The summed E-state index contributed by atoms with van der Waals surface area (Å²) in [6.07, 6.45) is 3.80. The van der Waals surface area contributed by atoms with E-state index in [0.29, 0.717) is 5.92 Å². The molecule has 3 atom stereocenters. The first-order valence-corrected chi connectivity index (χ1v) is 10.6. The van der Waals surface area contributed by atoms with Crippen molar-refractivity contribution >= 4 is 17.0 Å². The number of nitrogens with zero attached hydrogens (tertiary/aromatic N) is 2. The van der Waals surface area contributed by atoms with Crippen LogP contribution >= 0.6 is 0 Å². The van der Waals surface area contributed by atoms with Gasteiger partial charge in [-0.25, -0.2) is 9.36 Å². The molecule has 4 rings (SSSR count). The third-order valence-corrected chi connectivity index (χ3v) is 6.33. The van der Waals surface area contributed by atoms with Gasteiger partial charge in [-0.3, -0.25) is 4.90 Å². The Balaban J connectivity index is 1.87. The van der Waals surface area contributed by atoms with Crippen molar-refractivity contribution in [3.05, 3.63) is 35.5 Å². The molecule has 1 aromatic heterocycles. The molecule has 152 valence electrons. The molecule has 0 spiro atoms. The normalized spacial score (nSPS) is 25.4. The van der Waals surface area contributed by atoms with Crippen LogP contribution in [-0.4, -0.2) is 45.5 Å². The van der Waals surface area contributed by atoms with Crippen molar-refractivity contribution in [2.75, 3.05) is 13.2 Å². The number of carbonyl (C=O) groups excluding carboxylic acids is 1. The molecule has 5 heteroatoms. The zero-order valence-corrected chi connectivity index (χ0v) is 17.4. The zero-order chi connectivity index (χ0) is 20.1. The predicted octanol–water partition coefficient (Wildman–Crippen LogP) is 4.50. The number of rotatable bonds is 2. The van der Waals surface area contributed by atoms with Crippen molar-refractivity contribution in [3.8, 4) is 0 Å². The van der Waals surface area contributed by atoms with Crippen LogP contribution in [0.15, 0.2) is 24.3 Å². The van der Waals surface area contributed by atoms with Gasteiger partial charge in [-0.2, -0.15) is 0 Å². The van der Waals surface area contributed by atoms with E-state index < -0.39 is 5.60 Å². The Morgan fingerprint density at radius 3 is 2.68 bits per heavy atom. The lowest BCUT2D eigenvalue weighted by atomic mass is 9.82. The van der Waals surface area contributed by atoms with Gasteiger partial charge in [0, 0.05) is 18.0 Å². The Morgan fingerprint density at radius 1 is 1.25 bits per heavy atom. The average Bonchev–Trinajstić information content (AvgIpc) is 3.00. The van der Waals surface area contributed by atoms with Crippen molar-refractivity contribution in [2.24, 2.45) is 5.92 Å². The number of para-hydroxylation sites is 1. The van der Waals surface area contributed by atoms with Crippen LogP contribution in [0.3, 0.4) is 0 Å². The highest BCUT2D eigenvalue weighted by Gasteiger charge is 2.42. The summed E-state index contributed by atoms with van der Waals surface area (Å²) in [6.45, 7) is 9.10. The third-order valence-electron chi connectivity index (χ3n) is 6.33. The first kappa shape index (κ1) is 19.5. The lowest BCUT2D eigenvalue weighted by Crippen LogP contribution is -2.51. The number of fused-ring (bicyclic) bond motifs is 5. The monoisotopic (exact) mass is 384 g/mol. The minimum absolute atomic E-state index is 0.116. The molecule has 0 radical (unpaired) electrons. The molecule has 28 heavy (non-hydrogen) atoms. The summed E-state index contributed by atoms with van der Waals surface area (Å²) < 4.78 is 7.60. The molecular weight excluding hydrogens is 352 g/mol. The minimum atomic E-state index is -0.544. The molecule has 0 bridgehead atoms. The van der Waals surface area contributed by atoms with Gasteiger partial charge in [-0.05, 0) is 57.6 Å². The molecule has 0 aliphatic carbocycles. The van der Waals surface area contributed by atoms with Gasteiger partial charge in [0.15, 0.2) is 0 Å². The second-order valence-corrected chi connectivity index (χ2v) is 9.30. The number of aromatic nitrogens is 1. The molecule has 5 nitrogen and oxygen atoms in total. The van der Waals surface area contributed by atoms with Crippen molar-refractivity contribution in [2.45, 2.75) is 71.1 Å². The quantitative estimate of drug-likeness (QED) is 0.828. The lowest BCUT2D eigenvalue weighted by molar-refractivity contribution is 0.0166. The average molecular weight is 385 g/mol. The van der Waals surface area contributed by atoms with Gasteiger partial charge in [0.1, 0.15) is 5.60 Å². The van der Waals surface area contributed by atoms with Crippen LogP contribution in [0.25, 0.3) is 10.9 Å². The van der Waals surface area contributed by atoms with E-state index in [4.69, 9.17) is 4.74 Å². The largest absolute Gasteiger partial charge is 0.443 e. The van der Waals surface area contributed by atoms with Gasteiger partial charge < -0.3 is 9.84 Å². The third kappa shape index (κ3) is 3.25. The second kappa shape index (κ2) is 7.20. The summed E-state index contributed by atoms with van der Waals surface area (Å²) in [4.78, 5) is 15.7. The molecule has 1 N–H and O–H groups in total. The van der Waals surface area contributed by atoms with Crippen LogP contribution in [0.5, 0.6) is 0 Å². The summed E-state index contributed by atoms with van der Waals surface area (Å²) in [5, 5.41) is 11.2. The lowest BCUT2D eigenvalue weighted by Gasteiger charge is -2.47. The second-order valence-electron chi connectivity index (χ2n) is 9.30. The van der Waals surface area contributed by atoms with E-state index in [0.717, 1.165) is 48.8 Å². The number of ether oxygens (including phenoxy) is 1. The molecule has 0 saturated carbocycles. The Labute approximate surface area is 167 Å². The van der Waals surface area contributed by atoms with Crippen LogP contribution < -0.4 is 0 Å². The standard InChI is InChI=1S/C23H32N2O3/c1-5-15-10-11-20-21-18(12-16(14-26)24(20)13-15)17-8-6-7-9-19(17)25(21)22(27)28-23(2,3)4/h6-9,15-16,20,26H,5,10-14H2,1-4H3/t15-,16+,20+/m1/s1. The molecule has 0 unspecified atom stereocenters. The summed E-state index contributed by atoms with van der Waals surface area (Å²) in [5.41, 5.74) is 2.65. The van der Waals surface area contributed by atoms with Crippen LogP contribution in [-0.2, 0) is 11.2 Å². The summed E-state index contributed by atoms with van der Waals surface area (Å²) in [7, 11) is 0. The first-order valence-electron chi connectivity index (χ1n) is 10.6. The summed E-state index contributed by atoms with van der Waals surface area (Å²) >= 11 is 0. The Bertz CT molecular complexity index is 880. The molecule has 2 aromatic rings. The molecule has 2 aliphatic rings. The molecule has 1 fully saturated rings. The molecular formula is C23H32N2O3. The maximum atomic E-state index is 13.2. The highest BCUT2D eigenvalue weighted by molar-refractivity contribution is 5.94. The topological polar surface area (TPSA) is 54.7 Å². The highest BCUT2D eigenvalue weighted by atomic mass is 16.6. The van der Waals surface area contributed by atoms with Crippen LogP contribution in [0.1, 0.15) is 64.3 Å². The van der Waals surface area contributed by atoms with Crippen molar-refractivity contribution in [1.82, 2.24) is 9.47 Å². The number of piperidine rings is 1. The van der Waals surface area contributed by atoms with E-state index in [-0.39, 0.29) is 24.8 Å². The summed E-state index contributed by atoms with van der Waals surface area (Å²) in [6, 6.07) is 8.37. The molecule has 2 aliphatic heterocycles. The Hall–Kier alpha value is -1.85. The van der Waals surface area contributed by atoms with E-state index in [2.05, 4.69) is 17.9 Å². The van der Waals surface area contributed by atoms with Crippen LogP contribution in [0, 0.1) is 5.92 Å². The van der Waals surface area contributed by atoms with E-state index >= 15 is 0 Å². The van der Waals surface area contributed by atoms with Gasteiger partial charge in [-0.15, -0.1) is 0 Å². The van der Waals surface area contributed by atoms with Crippen molar-refractivity contribution in [1.29, 1.82) is 0 Å². The number of carbonyl (C=O) groups is 1. The number of hydrogen-bond donors (Lipinski definition) is 1. The zero-order valence-electron chi connectivity index (χ0n) is 17.4. The van der Waals surface area contributed by atoms with E-state index in [1.165, 1.54) is 5.56 Å². The van der Waals surface area contributed by atoms with E-state index in [1.54, 1.807) is 0 Å². The first-order chi connectivity index (χ1) is 13.3. The molecule has 3 heterocycles. The molecule has 1 saturated heterocycles. The van der Waals surface area contributed by atoms with E-state index in [9.17, 15) is 9.90 Å². The fourth-order valence-corrected chi connectivity index (χ4v) is 5.02. The van der Waals surface area contributed by atoms with E-state index in [1.807, 2.05) is 43.5 Å². The smallest absolute Gasteiger partial charge is 0.419 e. The van der Waals surface area contributed by atoms with Gasteiger partial charge in [-0.1, -0.05) is 31.5 Å². The molecule has 0 amide bonds. The number of benzene rings is 1. The van der Waals surface area contributed by atoms with Crippen molar-refractivity contribution in [3.63, 3.8) is 0 Å². The number of hydrogen-bond acceptors (Lipinski definition) is 4. The number of aliphatic hydroxyl groups is 1. The Kier molecular flexibility index (Phi) is 5.00. The highest BCUT2D eigenvalue weighted by Crippen LogP contribution is 2.45.